The van der Waals surface area contributed by atoms with Gasteiger partial charge in [-0.05, 0) is 26.8 Å². The lowest BCUT2D eigenvalue weighted by atomic mass is 10.0. The van der Waals surface area contributed by atoms with Gasteiger partial charge in [0.25, 0.3) is 0 Å². The van der Waals surface area contributed by atoms with Crippen LogP contribution in [0.3, 0.4) is 0 Å². The minimum atomic E-state index is 0.0325. The molecule has 0 spiro atoms. The molecule has 2 nitrogen and oxygen atoms in total. The van der Waals surface area contributed by atoms with Crippen LogP contribution < -0.4 is 5.32 Å². The van der Waals surface area contributed by atoms with Crippen molar-refractivity contribution in [3.05, 3.63) is 0 Å². The predicted molar refractivity (Wildman–Crippen MR) is 48.9 cm³/mol. The number of hydrogen-bond donors (Lipinski definition) is 1. The minimum absolute atomic E-state index is 0.0325. The molecule has 0 amide bonds. The van der Waals surface area contributed by atoms with Crippen LogP contribution in [0.4, 0.5) is 0 Å². The monoisotopic (exact) mass is 159 g/mol. The highest BCUT2D eigenvalue weighted by molar-refractivity contribution is 4.75. The van der Waals surface area contributed by atoms with Crippen LogP contribution in [0.2, 0.25) is 0 Å². The van der Waals surface area contributed by atoms with Crippen molar-refractivity contribution in [3.8, 4) is 0 Å². The normalized spacial score (nSPS) is 16.4. The van der Waals surface area contributed by atoms with Crippen molar-refractivity contribution in [2.24, 2.45) is 0 Å². The first kappa shape index (κ1) is 10.9. The largest absolute Gasteiger partial charge is 0.374 e. The maximum atomic E-state index is 5.62. The Morgan fingerprint density at radius 3 is 2.27 bits per heavy atom. The standard InChI is InChI=1S/C9H21NO/c1-5-9(4,11-7-3)8-10-6-2/h10H,5-8H2,1-4H3. The zero-order chi connectivity index (χ0) is 8.74. The Balaban J connectivity index is 3.68. The third-order valence-corrected chi connectivity index (χ3v) is 1.99. The molecule has 2 heteroatoms. The van der Waals surface area contributed by atoms with Crippen LogP contribution >= 0.6 is 0 Å². The van der Waals surface area contributed by atoms with Crippen molar-refractivity contribution in [1.82, 2.24) is 5.32 Å². The topological polar surface area (TPSA) is 21.3 Å². The lowest BCUT2D eigenvalue weighted by Crippen LogP contribution is -2.39. The lowest BCUT2D eigenvalue weighted by Gasteiger charge is -2.28. The summed E-state index contributed by atoms with van der Waals surface area (Å²) in [5, 5.41) is 3.30. The Morgan fingerprint density at radius 2 is 1.91 bits per heavy atom. The number of hydrogen-bond acceptors (Lipinski definition) is 2. The molecule has 0 saturated carbocycles. The highest BCUT2D eigenvalue weighted by Gasteiger charge is 2.20. The molecule has 0 aliphatic carbocycles. The van der Waals surface area contributed by atoms with Gasteiger partial charge in [0.1, 0.15) is 0 Å². The van der Waals surface area contributed by atoms with E-state index < -0.39 is 0 Å². The van der Waals surface area contributed by atoms with Gasteiger partial charge in [0.05, 0.1) is 5.60 Å². The van der Waals surface area contributed by atoms with E-state index in [1.54, 1.807) is 0 Å². The number of nitrogens with one attached hydrogen (secondary N) is 1. The second kappa shape index (κ2) is 5.56. The molecule has 1 atom stereocenters. The van der Waals surface area contributed by atoms with E-state index >= 15 is 0 Å². The zero-order valence-corrected chi connectivity index (χ0v) is 8.24. The van der Waals surface area contributed by atoms with Crippen molar-refractivity contribution in [1.29, 1.82) is 0 Å². The molecule has 0 fully saturated rings. The first-order chi connectivity index (χ1) is 5.18. The van der Waals surface area contributed by atoms with Gasteiger partial charge in [-0.15, -0.1) is 0 Å². The fraction of sp³-hybridized carbons (Fsp3) is 1.00. The summed E-state index contributed by atoms with van der Waals surface area (Å²) in [5.74, 6) is 0. The number of rotatable bonds is 6. The molecule has 0 aromatic carbocycles. The summed E-state index contributed by atoms with van der Waals surface area (Å²) in [6.45, 7) is 11.2. The van der Waals surface area contributed by atoms with Crippen LogP contribution in [-0.4, -0.2) is 25.3 Å². The van der Waals surface area contributed by atoms with Crippen LogP contribution in [0.5, 0.6) is 0 Å². The van der Waals surface area contributed by atoms with Gasteiger partial charge < -0.3 is 10.1 Å². The van der Waals surface area contributed by atoms with E-state index in [4.69, 9.17) is 4.74 Å². The smallest absolute Gasteiger partial charge is 0.0775 e. The maximum Gasteiger partial charge on any atom is 0.0775 e. The summed E-state index contributed by atoms with van der Waals surface area (Å²) in [7, 11) is 0. The number of likely N-dealkylation sites (N-methyl/N-ethyl adjacent to an activating group) is 1. The summed E-state index contributed by atoms with van der Waals surface area (Å²) in [5.41, 5.74) is 0.0325. The summed E-state index contributed by atoms with van der Waals surface area (Å²) >= 11 is 0. The second-order valence-corrected chi connectivity index (χ2v) is 3.02. The van der Waals surface area contributed by atoms with E-state index in [0.717, 1.165) is 26.1 Å². The van der Waals surface area contributed by atoms with Crippen LogP contribution in [0, 0.1) is 0 Å². The molecule has 0 aromatic rings. The Morgan fingerprint density at radius 1 is 1.27 bits per heavy atom. The summed E-state index contributed by atoms with van der Waals surface area (Å²) in [6.07, 6.45) is 1.06. The molecule has 0 saturated heterocycles. The SMILES string of the molecule is CCNCC(C)(CC)OCC. The molecule has 0 bridgehead atoms. The van der Waals surface area contributed by atoms with Gasteiger partial charge >= 0.3 is 0 Å². The van der Waals surface area contributed by atoms with Crippen LogP contribution in [0.1, 0.15) is 34.1 Å². The zero-order valence-electron chi connectivity index (χ0n) is 8.24. The summed E-state index contributed by atoms with van der Waals surface area (Å²) in [4.78, 5) is 0. The Bertz CT molecular complexity index is 95.6. The molecule has 1 N–H and O–H groups in total. The molecule has 1 unspecified atom stereocenters. The van der Waals surface area contributed by atoms with Crippen LogP contribution in [0.15, 0.2) is 0 Å². The second-order valence-electron chi connectivity index (χ2n) is 3.02. The Kier molecular flexibility index (Phi) is 5.51. The summed E-state index contributed by atoms with van der Waals surface area (Å²) in [6, 6.07) is 0. The van der Waals surface area contributed by atoms with E-state index in [9.17, 15) is 0 Å². The van der Waals surface area contributed by atoms with Crippen molar-refractivity contribution < 1.29 is 4.74 Å². The molecule has 0 aromatic heterocycles. The Labute approximate surface area is 70.3 Å². The van der Waals surface area contributed by atoms with Crippen molar-refractivity contribution in [2.75, 3.05) is 19.7 Å². The quantitative estimate of drug-likeness (QED) is 0.638. The highest BCUT2D eigenvalue weighted by Crippen LogP contribution is 2.13. The van der Waals surface area contributed by atoms with Gasteiger partial charge in [-0.3, -0.25) is 0 Å². The van der Waals surface area contributed by atoms with Crippen molar-refractivity contribution >= 4 is 0 Å². The minimum Gasteiger partial charge on any atom is -0.374 e. The van der Waals surface area contributed by atoms with Crippen LogP contribution in [0.25, 0.3) is 0 Å². The molecule has 0 heterocycles. The van der Waals surface area contributed by atoms with Crippen molar-refractivity contribution in [2.45, 2.75) is 39.7 Å². The molecule has 0 aliphatic rings. The highest BCUT2D eigenvalue weighted by atomic mass is 16.5. The van der Waals surface area contributed by atoms with Gasteiger partial charge in [-0.1, -0.05) is 13.8 Å². The van der Waals surface area contributed by atoms with Gasteiger partial charge in [0, 0.05) is 13.2 Å². The van der Waals surface area contributed by atoms with Gasteiger partial charge in [-0.2, -0.15) is 0 Å². The third-order valence-electron chi connectivity index (χ3n) is 1.99. The number of ether oxygens (including phenoxy) is 1. The molecular formula is C9H21NO. The first-order valence-electron chi connectivity index (χ1n) is 4.53. The Hall–Kier alpha value is -0.0800. The van der Waals surface area contributed by atoms with E-state index in [0.29, 0.717) is 0 Å². The fourth-order valence-corrected chi connectivity index (χ4v) is 1.02. The molecule has 11 heavy (non-hydrogen) atoms. The average molecular weight is 159 g/mol. The van der Waals surface area contributed by atoms with Crippen molar-refractivity contribution in [3.63, 3.8) is 0 Å². The van der Waals surface area contributed by atoms with E-state index in [2.05, 4.69) is 26.1 Å². The molecule has 0 radical (unpaired) electrons. The van der Waals surface area contributed by atoms with Gasteiger partial charge in [-0.25, -0.2) is 0 Å². The lowest BCUT2D eigenvalue weighted by molar-refractivity contribution is -0.0259. The molecular weight excluding hydrogens is 138 g/mol. The maximum absolute atomic E-state index is 5.62. The van der Waals surface area contributed by atoms with Crippen LogP contribution in [-0.2, 0) is 4.74 Å². The molecule has 0 aliphatic heterocycles. The van der Waals surface area contributed by atoms with E-state index in [1.165, 1.54) is 0 Å². The van der Waals surface area contributed by atoms with E-state index in [1.807, 2.05) is 6.92 Å². The molecule has 0 rings (SSSR count). The first-order valence-corrected chi connectivity index (χ1v) is 4.53. The summed E-state index contributed by atoms with van der Waals surface area (Å²) < 4.78 is 5.62. The third kappa shape index (κ3) is 4.38. The predicted octanol–water partition coefficient (Wildman–Crippen LogP) is 1.80. The average Bonchev–Trinajstić information content (AvgIpc) is 2.02. The van der Waals surface area contributed by atoms with Gasteiger partial charge in [0.15, 0.2) is 0 Å². The molecule has 68 valence electrons. The van der Waals surface area contributed by atoms with E-state index in [-0.39, 0.29) is 5.60 Å². The van der Waals surface area contributed by atoms with Gasteiger partial charge in [0.2, 0.25) is 0 Å². The fourth-order valence-electron chi connectivity index (χ4n) is 1.02.